The summed E-state index contributed by atoms with van der Waals surface area (Å²) in [6.07, 6.45) is -12.2. The molecule has 0 aliphatic carbocycles. The van der Waals surface area contributed by atoms with Crippen molar-refractivity contribution in [2.24, 2.45) is 0 Å². The third kappa shape index (κ3) is 6.36. The summed E-state index contributed by atoms with van der Waals surface area (Å²) in [5, 5.41) is 18.2. The Morgan fingerprint density at radius 1 is 0.571 bits per heavy atom. The molecular formula is C6CoF10O4. The largest absolute Gasteiger partial charge is 2.00 e. The summed E-state index contributed by atoms with van der Waals surface area (Å²) in [4.78, 5) is 18.2. The van der Waals surface area contributed by atoms with Crippen molar-refractivity contribution in [1.82, 2.24) is 0 Å². The Bertz CT molecular complexity index is 337. The van der Waals surface area contributed by atoms with Crippen LogP contribution < -0.4 is 10.2 Å². The number of carbonyl (C=O) groups is 2. The van der Waals surface area contributed by atoms with Gasteiger partial charge in [0, 0.05) is 0 Å². The van der Waals surface area contributed by atoms with Crippen molar-refractivity contribution in [3.8, 4) is 0 Å². The van der Waals surface area contributed by atoms with Crippen LogP contribution in [0, 0.1) is 0 Å². The maximum absolute atomic E-state index is 11.3. The van der Waals surface area contributed by atoms with Gasteiger partial charge in [-0.25, -0.2) is 0 Å². The van der Waals surface area contributed by atoms with Gasteiger partial charge in [0.1, 0.15) is 11.9 Å². The predicted molar refractivity (Wildman–Crippen MR) is 32.0 cm³/mol. The topological polar surface area (TPSA) is 80.3 Å². The molecule has 0 heterocycles. The van der Waals surface area contributed by atoms with Crippen molar-refractivity contribution in [2.75, 3.05) is 0 Å². The average Bonchev–Trinajstić information content (AvgIpc) is 2.14. The molecule has 0 spiro atoms. The first-order valence-corrected chi connectivity index (χ1v) is 3.71. The minimum Gasteiger partial charge on any atom is -0.544 e. The second-order valence-electron chi connectivity index (χ2n) is 2.72. The molecule has 0 atom stereocenters. The van der Waals surface area contributed by atoms with E-state index >= 15 is 0 Å². The zero-order valence-corrected chi connectivity index (χ0v) is 9.79. The van der Waals surface area contributed by atoms with Crippen LogP contribution in [0.4, 0.5) is 43.9 Å². The number of halogens is 10. The monoisotopic (exact) mass is 385 g/mol. The van der Waals surface area contributed by atoms with Crippen LogP contribution in [0.15, 0.2) is 0 Å². The van der Waals surface area contributed by atoms with E-state index in [1.807, 2.05) is 0 Å². The Morgan fingerprint density at radius 3 is 0.714 bits per heavy atom. The summed E-state index contributed by atoms with van der Waals surface area (Å²) < 4.78 is 111. The molecule has 0 amide bonds. The Balaban J connectivity index is -0.000000295. The van der Waals surface area contributed by atoms with Gasteiger partial charge >= 0.3 is 41.0 Å². The molecule has 0 unspecified atom stereocenters. The summed E-state index contributed by atoms with van der Waals surface area (Å²) >= 11 is 0. The first-order chi connectivity index (χ1) is 8.39. The Labute approximate surface area is 117 Å². The van der Waals surface area contributed by atoms with Crippen LogP contribution in [0.3, 0.4) is 0 Å². The van der Waals surface area contributed by atoms with Crippen molar-refractivity contribution in [3.05, 3.63) is 0 Å². The van der Waals surface area contributed by atoms with Gasteiger partial charge in [-0.05, 0) is 0 Å². The molecule has 21 heavy (non-hydrogen) atoms. The third-order valence-corrected chi connectivity index (χ3v) is 1.22. The van der Waals surface area contributed by atoms with Crippen molar-refractivity contribution in [1.29, 1.82) is 0 Å². The first-order valence-electron chi connectivity index (χ1n) is 3.71. The number of hydrogen-bond acceptors (Lipinski definition) is 4. The van der Waals surface area contributed by atoms with Crippen molar-refractivity contribution in [3.63, 3.8) is 0 Å². The van der Waals surface area contributed by atoms with Crippen LogP contribution in [-0.2, 0) is 26.4 Å². The van der Waals surface area contributed by atoms with Crippen LogP contribution in [-0.4, -0.2) is 36.1 Å². The molecule has 0 fully saturated rings. The molecule has 0 aliphatic rings. The van der Waals surface area contributed by atoms with Gasteiger partial charge in [0.25, 0.3) is 0 Å². The van der Waals surface area contributed by atoms with Gasteiger partial charge in [0.15, 0.2) is 0 Å². The normalized spacial score (nSPS) is 12.7. The zero-order valence-electron chi connectivity index (χ0n) is 8.75. The van der Waals surface area contributed by atoms with Gasteiger partial charge in [-0.15, -0.1) is 0 Å². The van der Waals surface area contributed by atoms with E-state index in [2.05, 4.69) is 0 Å². The van der Waals surface area contributed by atoms with Gasteiger partial charge in [0.2, 0.25) is 0 Å². The second-order valence-corrected chi connectivity index (χ2v) is 2.72. The second kappa shape index (κ2) is 7.14. The molecule has 0 aliphatic heterocycles. The van der Waals surface area contributed by atoms with E-state index < -0.39 is 36.1 Å². The molecule has 1 radical (unpaired) electrons. The molecule has 0 aromatic carbocycles. The molecule has 0 saturated carbocycles. The number of alkyl halides is 10. The first kappa shape index (κ1) is 24.7. The molecule has 0 aromatic rings. The number of hydrogen-bond donors (Lipinski definition) is 0. The Kier molecular flexibility index (Phi) is 8.42. The van der Waals surface area contributed by atoms with E-state index in [1.54, 1.807) is 0 Å². The molecule has 127 valence electrons. The molecule has 0 aromatic heterocycles. The molecule has 0 saturated heterocycles. The third-order valence-electron chi connectivity index (χ3n) is 1.22. The van der Waals surface area contributed by atoms with Gasteiger partial charge in [-0.1, -0.05) is 0 Å². The van der Waals surface area contributed by atoms with Crippen LogP contribution in [0.5, 0.6) is 0 Å². The van der Waals surface area contributed by atoms with Crippen LogP contribution in [0.2, 0.25) is 0 Å². The van der Waals surface area contributed by atoms with Gasteiger partial charge in [0.05, 0.1) is 0 Å². The van der Waals surface area contributed by atoms with Crippen LogP contribution in [0.25, 0.3) is 0 Å². The molecule has 0 N–H and O–H groups in total. The smallest absolute Gasteiger partial charge is 0.544 e. The average molecular weight is 385 g/mol. The Morgan fingerprint density at radius 2 is 0.714 bits per heavy atom. The fraction of sp³-hybridized carbons (Fsp3) is 0.667. The summed E-state index contributed by atoms with van der Waals surface area (Å²) in [6.45, 7) is 0. The summed E-state index contributed by atoms with van der Waals surface area (Å²) in [7, 11) is 0. The maximum Gasteiger partial charge on any atom is 2.00 e. The summed E-state index contributed by atoms with van der Waals surface area (Å²) in [6, 6.07) is 0. The van der Waals surface area contributed by atoms with Crippen LogP contribution >= 0.6 is 0 Å². The number of carbonyl (C=O) groups excluding carboxylic acids is 2. The molecule has 15 heteroatoms. The SMILES string of the molecule is O=C([O-])C(F)(F)C(F)(F)F.O=C([O-])C(F)(F)C(F)(F)F.[Co+2]. The fourth-order valence-corrected chi connectivity index (χ4v) is 0.231. The maximum atomic E-state index is 11.3. The fourth-order valence-electron chi connectivity index (χ4n) is 0.231. The quantitative estimate of drug-likeness (QED) is 0.621. The van der Waals surface area contributed by atoms with Gasteiger partial charge in [-0.3, -0.25) is 0 Å². The number of carboxylic acid groups (broad SMARTS) is 2. The van der Waals surface area contributed by atoms with E-state index in [0.717, 1.165) is 0 Å². The van der Waals surface area contributed by atoms with E-state index in [9.17, 15) is 43.9 Å². The molecule has 0 rings (SSSR count). The van der Waals surface area contributed by atoms with E-state index in [-0.39, 0.29) is 16.8 Å². The number of carboxylic acids is 2. The number of aliphatic carboxylic acids is 2. The molecular weight excluding hydrogens is 385 g/mol. The minimum absolute atomic E-state index is 0. The van der Waals surface area contributed by atoms with Crippen molar-refractivity contribution < 1.29 is 80.5 Å². The van der Waals surface area contributed by atoms with Crippen LogP contribution in [0.1, 0.15) is 0 Å². The van der Waals surface area contributed by atoms with E-state index in [0.29, 0.717) is 0 Å². The predicted octanol–water partition coefficient (Wildman–Crippen LogP) is -0.135. The van der Waals surface area contributed by atoms with Gasteiger partial charge < -0.3 is 19.8 Å². The van der Waals surface area contributed by atoms with E-state index in [4.69, 9.17) is 19.8 Å². The summed E-state index contributed by atoms with van der Waals surface area (Å²) in [5.74, 6) is -18.4. The van der Waals surface area contributed by atoms with E-state index in [1.165, 1.54) is 0 Å². The summed E-state index contributed by atoms with van der Waals surface area (Å²) in [5.41, 5.74) is 0. The number of rotatable bonds is 2. The zero-order chi connectivity index (χ0) is 17.2. The van der Waals surface area contributed by atoms with Crippen molar-refractivity contribution >= 4 is 11.9 Å². The minimum atomic E-state index is -6.08. The van der Waals surface area contributed by atoms with Gasteiger partial charge in [-0.2, -0.15) is 43.9 Å². The standard InChI is InChI=1S/2C3HF5O2.Co/c2*4-2(5,1(9)10)3(6,7)8;/h2*(H,9,10);/q;;+2/p-2. The Hall–Kier alpha value is -1.25. The molecule has 0 bridgehead atoms. The van der Waals surface area contributed by atoms with Crippen molar-refractivity contribution in [2.45, 2.75) is 24.2 Å². The molecule has 4 nitrogen and oxygen atoms in total.